The zero-order valence-electron chi connectivity index (χ0n) is 9.93. The van der Waals surface area contributed by atoms with Crippen LogP contribution in [0, 0.1) is 6.92 Å². The molecule has 1 aromatic carbocycles. The van der Waals surface area contributed by atoms with E-state index in [9.17, 15) is 0 Å². The fourth-order valence-electron chi connectivity index (χ4n) is 1.41. The van der Waals surface area contributed by atoms with E-state index in [1.807, 2.05) is 32.0 Å². The lowest BCUT2D eigenvalue weighted by atomic mass is 10.2. The molecule has 0 unspecified atom stereocenters. The number of thioether (sulfide) groups is 1. The first-order valence-corrected chi connectivity index (χ1v) is 6.48. The Hall–Kier alpha value is -1.49. The second kappa shape index (κ2) is 5.23. The summed E-state index contributed by atoms with van der Waals surface area (Å²) in [7, 11) is 0. The summed E-state index contributed by atoms with van der Waals surface area (Å²) in [5.41, 5.74) is 7.91. The number of rotatable bonds is 4. The Labute approximate surface area is 105 Å². The van der Waals surface area contributed by atoms with E-state index in [0.29, 0.717) is 11.6 Å². The molecular weight excluding hydrogens is 234 g/mol. The van der Waals surface area contributed by atoms with Gasteiger partial charge in [0.15, 0.2) is 5.82 Å². The number of hydrogen-bond acceptors (Lipinski definition) is 5. The Bertz CT molecular complexity index is 510. The maximum absolute atomic E-state index is 5.99. The molecule has 0 spiro atoms. The first-order valence-electron chi connectivity index (χ1n) is 5.50. The van der Waals surface area contributed by atoms with E-state index >= 15 is 0 Å². The molecule has 2 N–H and O–H groups in total. The minimum atomic E-state index is 0.646. The second-order valence-electron chi connectivity index (χ2n) is 3.73. The van der Waals surface area contributed by atoms with Crippen LogP contribution in [0.15, 0.2) is 27.6 Å². The Morgan fingerprint density at radius 3 is 2.94 bits per heavy atom. The molecule has 0 saturated carbocycles. The lowest BCUT2D eigenvalue weighted by molar-refractivity contribution is 0.385. The van der Waals surface area contributed by atoms with Crippen LogP contribution in [-0.2, 0) is 12.2 Å². The van der Waals surface area contributed by atoms with E-state index in [2.05, 4.69) is 10.1 Å². The maximum atomic E-state index is 5.99. The van der Waals surface area contributed by atoms with Crippen LogP contribution in [0.3, 0.4) is 0 Å². The Morgan fingerprint density at radius 1 is 1.41 bits per heavy atom. The van der Waals surface area contributed by atoms with Gasteiger partial charge in [-0.3, -0.25) is 0 Å². The molecule has 4 nitrogen and oxygen atoms in total. The summed E-state index contributed by atoms with van der Waals surface area (Å²) in [6.07, 6.45) is 0.792. The third-order valence-electron chi connectivity index (χ3n) is 2.46. The van der Waals surface area contributed by atoms with Crippen molar-refractivity contribution in [3.05, 3.63) is 35.5 Å². The van der Waals surface area contributed by atoms with Gasteiger partial charge in [-0.2, -0.15) is 4.98 Å². The van der Waals surface area contributed by atoms with Gasteiger partial charge in [-0.15, -0.1) is 11.8 Å². The summed E-state index contributed by atoms with van der Waals surface area (Å²) in [5, 5.41) is 3.86. The third kappa shape index (κ3) is 2.79. The molecule has 2 rings (SSSR count). The van der Waals surface area contributed by atoms with Crippen molar-refractivity contribution < 1.29 is 4.52 Å². The fourth-order valence-corrected chi connectivity index (χ4v) is 2.30. The number of nitrogen functional groups attached to an aromatic ring is 1. The lowest BCUT2D eigenvalue weighted by Gasteiger charge is -2.05. The first-order chi connectivity index (χ1) is 8.20. The second-order valence-corrected chi connectivity index (χ2v) is 4.75. The fraction of sp³-hybridized carbons (Fsp3) is 0.333. The predicted molar refractivity (Wildman–Crippen MR) is 68.8 cm³/mol. The number of anilines is 1. The van der Waals surface area contributed by atoms with Crippen molar-refractivity contribution in [2.45, 2.75) is 30.9 Å². The van der Waals surface area contributed by atoms with E-state index in [1.54, 1.807) is 11.8 Å². The van der Waals surface area contributed by atoms with E-state index < -0.39 is 0 Å². The SMILES string of the molecule is CCc1noc(CSc2cccc(C)c2N)n1. The molecule has 17 heavy (non-hydrogen) atoms. The van der Waals surface area contributed by atoms with Crippen LogP contribution in [0.25, 0.3) is 0 Å². The van der Waals surface area contributed by atoms with Crippen molar-refractivity contribution >= 4 is 17.4 Å². The van der Waals surface area contributed by atoms with Gasteiger partial charge in [0.1, 0.15) is 0 Å². The highest BCUT2D eigenvalue weighted by Gasteiger charge is 2.07. The first kappa shape index (κ1) is 12.0. The van der Waals surface area contributed by atoms with Crippen molar-refractivity contribution in [1.82, 2.24) is 10.1 Å². The minimum absolute atomic E-state index is 0.646. The molecule has 1 heterocycles. The molecular formula is C12H15N3OS. The molecule has 0 atom stereocenters. The van der Waals surface area contributed by atoms with Gasteiger partial charge in [-0.05, 0) is 18.6 Å². The summed E-state index contributed by atoms with van der Waals surface area (Å²) < 4.78 is 5.12. The van der Waals surface area contributed by atoms with E-state index in [-0.39, 0.29) is 0 Å². The molecule has 5 heteroatoms. The molecule has 2 aromatic rings. The number of benzene rings is 1. The highest BCUT2D eigenvalue weighted by atomic mass is 32.2. The summed E-state index contributed by atoms with van der Waals surface area (Å²) in [6.45, 7) is 4.00. The molecule has 0 amide bonds. The Kier molecular flexibility index (Phi) is 3.68. The lowest BCUT2D eigenvalue weighted by Crippen LogP contribution is -1.92. The molecule has 0 saturated heterocycles. The summed E-state index contributed by atoms with van der Waals surface area (Å²) in [6, 6.07) is 6.00. The zero-order valence-corrected chi connectivity index (χ0v) is 10.8. The molecule has 0 fully saturated rings. The number of nitrogens with two attached hydrogens (primary N) is 1. The number of para-hydroxylation sites is 1. The molecule has 0 aliphatic carbocycles. The monoisotopic (exact) mass is 249 g/mol. The Morgan fingerprint density at radius 2 is 2.24 bits per heavy atom. The molecule has 0 aliphatic rings. The molecule has 0 aliphatic heterocycles. The largest absolute Gasteiger partial charge is 0.398 e. The normalized spacial score (nSPS) is 10.7. The van der Waals surface area contributed by atoms with Gasteiger partial charge in [0.25, 0.3) is 0 Å². The van der Waals surface area contributed by atoms with Gasteiger partial charge in [0, 0.05) is 17.0 Å². The molecule has 1 aromatic heterocycles. The maximum Gasteiger partial charge on any atom is 0.237 e. The number of aryl methyl sites for hydroxylation is 2. The van der Waals surface area contributed by atoms with E-state index in [4.69, 9.17) is 10.3 Å². The van der Waals surface area contributed by atoms with Crippen LogP contribution in [0.2, 0.25) is 0 Å². The van der Waals surface area contributed by atoms with Crippen LogP contribution in [0.1, 0.15) is 24.2 Å². The third-order valence-corrected chi connectivity index (χ3v) is 3.52. The van der Waals surface area contributed by atoms with Crippen LogP contribution < -0.4 is 5.73 Å². The average Bonchev–Trinajstić information content (AvgIpc) is 2.79. The topological polar surface area (TPSA) is 64.9 Å². The summed E-state index contributed by atoms with van der Waals surface area (Å²) in [5.74, 6) is 2.05. The highest BCUT2D eigenvalue weighted by molar-refractivity contribution is 7.98. The van der Waals surface area contributed by atoms with Crippen LogP contribution in [0.5, 0.6) is 0 Å². The van der Waals surface area contributed by atoms with Gasteiger partial charge in [-0.25, -0.2) is 0 Å². The number of aromatic nitrogens is 2. The predicted octanol–water partition coefficient (Wildman–Crippen LogP) is 2.81. The van der Waals surface area contributed by atoms with Crippen molar-refractivity contribution in [1.29, 1.82) is 0 Å². The standard InChI is InChI=1S/C12H15N3OS/c1-3-10-14-11(16-15-10)7-17-9-6-4-5-8(2)12(9)13/h4-6H,3,7,13H2,1-2H3. The van der Waals surface area contributed by atoms with Gasteiger partial charge in [0.2, 0.25) is 5.89 Å². The highest BCUT2D eigenvalue weighted by Crippen LogP contribution is 2.29. The van der Waals surface area contributed by atoms with Crippen molar-refractivity contribution in [2.75, 3.05) is 5.73 Å². The van der Waals surface area contributed by atoms with E-state index in [0.717, 1.165) is 28.4 Å². The zero-order chi connectivity index (χ0) is 12.3. The average molecular weight is 249 g/mol. The van der Waals surface area contributed by atoms with Crippen molar-refractivity contribution in [3.63, 3.8) is 0 Å². The smallest absolute Gasteiger partial charge is 0.237 e. The summed E-state index contributed by atoms with van der Waals surface area (Å²) >= 11 is 1.62. The quantitative estimate of drug-likeness (QED) is 0.666. The molecule has 0 radical (unpaired) electrons. The van der Waals surface area contributed by atoms with E-state index in [1.165, 1.54) is 0 Å². The van der Waals surface area contributed by atoms with Gasteiger partial charge < -0.3 is 10.3 Å². The van der Waals surface area contributed by atoms with Crippen LogP contribution >= 0.6 is 11.8 Å². The number of nitrogens with zero attached hydrogens (tertiary/aromatic N) is 2. The molecule has 90 valence electrons. The minimum Gasteiger partial charge on any atom is -0.398 e. The van der Waals surface area contributed by atoms with Crippen LogP contribution in [-0.4, -0.2) is 10.1 Å². The summed E-state index contributed by atoms with van der Waals surface area (Å²) in [4.78, 5) is 5.31. The van der Waals surface area contributed by atoms with Gasteiger partial charge in [0.05, 0.1) is 5.75 Å². The van der Waals surface area contributed by atoms with Crippen molar-refractivity contribution in [2.24, 2.45) is 0 Å². The molecule has 0 bridgehead atoms. The van der Waals surface area contributed by atoms with Gasteiger partial charge >= 0.3 is 0 Å². The van der Waals surface area contributed by atoms with Crippen LogP contribution in [0.4, 0.5) is 5.69 Å². The number of hydrogen-bond donors (Lipinski definition) is 1. The van der Waals surface area contributed by atoms with Gasteiger partial charge in [-0.1, -0.05) is 24.2 Å². The van der Waals surface area contributed by atoms with Crippen molar-refractivity contribution in [3.8, 4) is 0 Å². The Balaban J connectivity index is 2.04.